The number of thioether (sulfide) groups is 1. The summed E-state index contributed by atoms with van der Waals surface area (Å²) in [5, 5.41) is 6.86. The van der Waals surface area contributed by atoms with Gasteiger partial charge in [-0.1, -0.05) is 0 Å². The molecule has 2 heterocycles. The van der Waals surface area contributed by atoms with Gasteiger partial charge in [-0.15, -0.1) is 0 Å². The summed E-state index contributed by atoms with van der Waals surface area (Å²) < 4.78 is 10.3. The van der Waals surface area contributed by atoms with Gasteiger partial charge in [-0.25, -0.2) is 4.98 Å². The minimum absolute atomic E-state index is 0.581. The van der Waals surface area contributed by atoms with Crippen LogP contribution < -0.4 is 15.4 Å². The number of hydrogen-bond acceptors (Lipinski definition) is 5. The zero-order chi connectivity index (χ0) is 15.6. The summed E-state index contributed by atoms with van der Waals surface area (Å²) in [5.41, 5.74) is 0.838. The van der Waals surface area contributed by atoms with Crippen LogP contribution in [0.5, 0.6) is 5.88 Å². The Morgan fingerprint density at radius 2 is 2.32 bits per heavy atom. The lowest BCUT2D eigenvalue weighted by Crippen LogP contribution is -2.29. The maximum atomic E-state index is 5.28. The number of hydrogen-bond donors (Lipinski definition) is 2. The highest BCUT2D eigenvalue weighted by atomic mass is 32.2. The second-order valence-electron chi connectivity index (χ2n) is 4.46. The Bertz CT molecular complexity index is 559. The van der Waals surface area contributed by atoms with E-state index < -0.39 is 0 Å². The van der Waals surface area contributed by atoms with Gasteiger partial charge in [0.2, 0.25) is 5.88 Å². The van der Waals surface area contributed by atoms with Gasteiger partial charge in [0, 0.05) is 12.6 Å². The minimum Gasteiger partial charge on any atom is -0.481 e. The Balaban J connectivity index is 1.55. The van der Waals surface area contributed by atoms with Crippen LogP contribution in [0.2, 0.25) is 0 Å². The first-order chi connectivity index (χ1) is 10.8. The summed E-state index contributed by atoms with van der Waals surface area (Å²) in [5.74, 6) is 3.56. The number of aromatic nitrogens is 1. The second-order valence-corrected chi connectivity index (χ2v) is 5.97. The van der Waals surface area contributed by atoms with E-state index in [4.69, 9.17) is 21.4 Å². The highest BCUT2D eigenvalue weighted by Gasteiger charge is 1.99. The number of anilines is 1. The average molecular weight is 337 g/mol. The third-order valence-electron chi connectivity index (χ3n) is 2.78. The van der Waals surface area contributed by atoms with Crippen molar-refractivity contribution in [3.05, 3.63) is 42.5 Å². The summed E-state index contributed by atoms with van der Waals surface area (Å²) in [4.78, 5) is 4.11. The summed E-state index contributed by atoms with van der Waals surface area (Å²) in [7, 11) is 1.59. The second kappa shape index (κ2) is 9.32. The first kappa shape index (κ1) is 16.6. The first-order valence-electron chi connectivity index (χ1n) is 6.93. The molecule has 2 aromatic rings. The quantitative estimate of drug-likeness (QED) is 0.566. The fourth-order valence-corrected chi connectivity index (χ4v) is 2.77. The predicted molar refractivity (Wildman–Crippen MR) is 94.5 cm³/mol. The number of methoxy groups -OCH3 is 1. The lowest BCUT2D eigenvalue weighted by atomic mass is 10.4. The number of thiocarbonyl (C=S) groups is 1. The number of nitrogens with one attached hydrogen (secondary N) is 2. The molecular weight excluding hydrogens is 318 g/mol. The van der Waals surface area contributed by atoms with Crippen LogP contribution in [0.25, 0.3) is 0 Å². The molecule has 22 heavy (non-hydrogen) atoms. The standard InChI is InChI=1S/C15H19N3O2S2/c1-19-14-6-5-12(10-17-14)18-15(21)16-7-3-9-22-11-13-4-2-8-20-13/h2,4-6,8,10H,3,7,9,11H2,1H3,(H2,16,18,21). The van der Waals surface area contributed by atoms with Crippen molar-refractivity contribution in [2.45, 2.75) is 12.2 Å². The van der Waals surface area contributed by atoms with Gasteiger partial charge in [-0.2, -0.15) is 11.8 Å². The summed E-state index contributed by atoms with van der Waals surface area (Å²) in [6, 6.07) is 7.57. The zero-order valence-corrected chi connectivity index (χ0v) is 14.0. The molecule has 0 amide bonds. The topological polar surface area (TPSA) is 59.3 Å². The lowest BCUT2D eigenvalue weighted by molar-refractivity contribution is 0.398. The molecule has 0 fully saturated rings. The van der Waals surface area contributed by atoms with E-state index in [-0.39, 0.29) is 0 Å². The number of furan rings is 1. The van der Waals surface area contributed by atoms with E-state index in [1.165, 1.54) is 0 Å². The van der Waals surface area contributed by atoms with Crippen molar-refractivity contribution >= 4 is 34.8 Å². The molecule has 2 rings (SSSR count). The molecule has 118 valence electrons. The molecule has 0 saturated carbocycles. The molecule has 0 atom stereocenters. The molecule has 0 aliphatic rings. The highest BCUT2D eigenvalue weighted by Crippen LogP contribution is 2.13. The minimum atomic E-state index is 0.581. The van der Waals surface area contributed by atoms with Crippen molar-refractivity contribution in [2.24, 2.45) is 0 Å². The maximum Gasteiger partial charge on any atom is 0.213 e. The van der Waals surface area contributed by atoms with Crippen LogP contribution >= 0.6 is 24.0 Å². The van der Waals surface area contributed by atoms with Gasteiger partial charge in [-0.05, 0) is 42.6 Å². The molecule has 0 aromatic carbocycles. The molecule has 0 bridgehead atoms. The lowest BCUT2D eigenvalue weighted by Gasteiger charge is -2.10. The van der Waals surface area contributed by atoms with E-state index >= 15 is 0 Å². The van der Waals surface area contributed by atoms with E-state index in [0.717, 1.165) is 35.9 Å². The molecule has 0 radical (unpaired) electrons. The third-order valence-corrected chi connectivity index (χ3v) is 4.09. The van der Waals surface area contributed by atoms with Crippen LogP contribution in [0.15, 0.2) is 41.1 Å². The Morgan fingerprint density at radius 1 is 1.41 bits per heavy atom. The van der Waals surface area contributed by atoms with Crippen molar-refractivity contribution in [2.75, 3.05) is 24.7 Å². The van der Waals surface area contributed by atoms with Gasteiger partial charge < -0.3 is 19.8 Å². The van der Waals surface area contributed by atoms with Gasteiger partial charge in [-0.3, -0.25) is 0 Å². The molecular formula is C15H19N3O2S2. The fraction of sp³-hybridized carbons (Fsp3) is 0.333. The van der Waals surface area contributed by atoms with Gasteiger partial charge in [0.1, 0.15) is 5.76 Å². The molecule has 0 saturated heterocycles. The van der Waals surface area contributed by atoms with Gasteiger partial charge in [0.15, 0.2) is 5.11 Å². The molecule has 7 heteroatoms. The predicted octanol–water partition coefficient (Wildman–Crippen LogP) is 3.29. The van der Waals surface area contributed by atoms with Crippen LogP contribution in [0.3, 0.4) is 0 Å². The summed E-state index contributed by atoms with van der Waals surface area (Å²) in [6.45, 7) is 0.834. The molecule has 5 nitrogen and oxygen atoms in total. The van der Waals surface area contributed by atoms with Crippen molar-refractivity contribution in [3.63, 3.8) is 0 Å². The van der Waals surface area contributed by atoms with E-state index in [1.54, 1.807) is 25.6 Å². The Morgan fingerprint density at radius 3 is 3.00 bits per heavy atom. The van der Waals surface area contributed by atoms with Crippen molar-refractivity contribution < 1.29 is 9.15 Å². The molecule has 0 spiro atoms. The van der Waals surface area contributed by atoms with E-state index in [2.05, 4.69) is 15.6 Å². The number of nitrogens with zero attached hydrogens (tertiary/aromatic N) is 1. The molecule has 0 unspecified atom stereocenters. The van der Waals surface area contributed by atoms with Crippen molar-refractivity contribution in [1.82, 2.24) is 10.3 Å². The Hall–Kier alpha value is -1.73. The summed E-state index contributed by atoms with van der Waals surface area (Å²) in [6.07, 6.45) is 4.43. The highest BCUT2D eigenvalue weighted by molar-refractivity contribution is 7.98. The molecule has 2 aromatic heterocycles. The smallest absolute Gasteiger partial charge is 0.213 e. The fourth-order valence-electron chi connectivity index (χ4n) is 1.69. The molecule has 2 N–H and O–H groups in total. The van der Waals surface area contributed by atoms with E-state index in [9.17, 15) is 0 Å². The normalized spacial score (nSPS) is 10.2. The van der Waals surface area contributed by atoms with Gasteiger partial charge in [0.25, 0.3) is 0 Å². The Kier molecular flexibility index (Phi) is 7.05. The monoisotopic (exact) mass is 337 g/mol. The van der Waals surface area contributed by atoms with Crippen LogP contribution in [-0.4, -0.2) is 29.5 Å². The van der Waals surface area contributed by atoms with E-state index in [1.807, 2.05) is 30.0 Å². The Labute approximate surface area is 139 Å². The van der Waals surface area contributed by atoms with Crippen LogP contribution in [0, 0.1) is 0 Å². The third kappa shape index (κ3) is 5.95. The maximum absolute atomic E-state index is 5.28. The van der Waals surface area contributed by atoms with E-state index in [0.29, 0.717) is 11.0 Å². The molecule has 0 aliphatic heterocycles. The summed E-state index contributed by atoms with van der Waals surface area (Å²) >= 11 is 7.09. The van der Waals surface area contributed by atoms with Crippen LogP contribution in [-0.2, 0) is 5.75 Å². The SMILES string of the molecule is COc1ccc(NC(=S)NCCCSCc2ccco2)cn1. The van der Waals surface area contributed by atoms with Crippen molar-refractivity contribution in [3.8, 4) is 5.88 Å². The largest absolute Gasteiger partial charge is 0.481 e. The number of ether oxygens (including phenoxy) is 1. The average Bonchev–Trinajstić information content (AvgIpc) is 3.05. The molecule has 0 aliphatic carbocycles. The van der Waals surface area contributed by atoms with Crippen molar-refractivity contribution in [1.29, 1.82) is 0 Å². The van der Waals surface area contributed by atoms with Crippen LogP contribution in [0.4, 0.5) is 5.69 Å². The number of pyridine rings is 1. The van der Waals surface area contributed by atoms with Gasteiger partial charge >= 0.3 is 0 Å². The van der Waals surface area contributed by atoms with Gasteiger partial charge in [0.05, 0.1) is 31.0 Å². The van der Waals surface area contributed by atoms with Crippen LogP contribution in [0.1, 0.15) is 12.2 Å². The number of rotatable bonds is 8. The first-order valence-corrected chi connectivity index (χ1v) is 8.49. The zero-order valence-electron chi connectivity index (χ0n) is 12.4.